The predicted octanol–water partition coefficient (Wildman–Crippen LogP) is 3.48. The van der Waals surface area contributed by atoms with E-state index in [1.807, 2.05) is 26.0 Å². The van der Waals surface area contributed by atoms with Gasteiger partial charge >= 0.3 is 0 Å². The normalized spacial score (nSPS) is 11.8. The Kier molecular flexibility index (Phi) is 10.8. The molecule has 0 aliphatic heterocycles. The molecule has 1 aromatic carbocycles. The van der Waals surface area contributed by atoms with E-state index in [1.54, 1.807) is 14.2 Å². The molecule has 0 aliphatic rings. The first-order valence-corrected chi connectivity index (χ1v) is 7.59. The summed E-state index contributed by atoms with van der Waals surface area (Å²) in [5, 5.41) is 7.35. The highest BCUT2D eigenvalue weighted by Crippen LogP contribution is 2.10. The number of hydrogen-bond acceptors (Lipinski definition) is 2. The predicted molar refractivity (Wildman–Crippen MR) is 106 cm³/mol. The van der Waals surface area contributed by atoms with E-state index in [4.69, 9.17) is 16.3 Å². The standard InChI is InChI=1S/C16H26ClN3O.HI/c1-16(2,21-4)12-20-15(18-3)19-11-5-6-13-7-9-14(17)10-8-13;/h7-10H,5-6,11-12H2,1-4H3,(H2,18,19,20);1H. The number of halogens is 2. The van der Waals surface area contributed by atoms with E-state index in [-0.39, 0.29) is 29.6 Å². The van der Waals surface area contributed by atoms with Gasteiger partial charge in [0.1, 0.15) is 0 Å². The Hall–Kier alpha value is -0.530. The molecule has 0 unspecified atom stereocenters. The van der Waals surface area contributed by atoms with Crippen molar-refractivity contribution >= 4 is 41.5 Å². The van der Waals surface area contributed by atoms with Gasteiger partial charge in [-0.1, -0.05) is 23.7 Å². The maximum Gasteiger partial charge on any atom is 0.191 e. The van der Waals surface area contributed by atoms with Crippen LogP contribution in [0.25, 0.3) is 0 Å². The number of aryl methyl sites for hydroxylation is 1. The summed E-state index contributed by atoms with van der Waals surface area (Å²) in [6.45, 7) is 5.65. The molecule has 22 heavy (non-hydrogen) atoms. The minimum atomic E-state index is -0.207. The highest BCUT2D eigenvalue weighted by Gasteiger charge is 2.16. The fraction of sp³-hybridized carbons (Fsp3) is 0.562. The molecule has 126 valence electrons. The Morgan fingerprint density at radius 3 is 2.41 bits per heavy atom. The third kappa shape index (κ3) is 8.80. The molecular weight excluding hydrogens is 413 g/mol. The van der Waals surface area contributed by atoms with E-state index in [0.717, 1.165) is 30.4 Å². The summed E-state index contributed by atoms with van der Waals surface area (Å²) in [6.07, 6.45) is 2.06. The fourth-order valence-electron chi connectivity index (χ4n) is 1.74. The first-order chi connectivity index (χ1) is 9.96. The maximum absolute atomic E-state index is 5.87. The lowest BCUT2D eigenvalue weighted by atomic mass is 10.1. The van der Waals surface area contributed by atoms with Gasteiger partial charge in [-0.05, 0) is 44.4 Å². The lowest BCUT2D eigenvalue weighted by Crippen LogP contribution is -2.45. The van der Waals surface area contributed by atoms with Gasteiger partial charge in [0.15, 0.2) is 5.96 Å². The minimum Gasteiger partial charge on any atom is -0.377 e. The van der Waals surface area contributed by atoms with Crippen LogP contribution in [0.4, 0.5) is 0 Å². The molecule has 0 bridgehead atoms. The molecular formula is C16H27ClIN3O. The monoisotopic (exact) mass is 439 g/mol. The highest BCUT2D eigenvalue weighted by molar-refractivity contribution is 14.0. The van der Waals surface area contributed by atoms with Crippen molar-refractivity contribution in [3.63, 3.8) is 0 Å². The van der Waals surface area contributed by atoms with Gasteiger partial charge in [-0.2, -0.15) is 0 Å². The molecule has 0 atom stereocenters. The molecule has 0 heterocycles. The zero-order chi connectivity index (χ0) is 15.7. The van der Waals surface area contributed by atoms with Crippen LogP contribution in [-0.2, 0) is 11.2 Å². The molecule has 0 amide bonds. The van der Waals surface area contributed by atoms with E-state index in [1.165, 1.54) is 5.56 Å². The molecule has 2 N–H and O–H groups in total. The SMILES string of the molecule is CN=C(NCCCc1ccc(Cl)cc1)NCC(C)(C)OC.I. The molecule has 0 spiro atoms. The van der Waals surface area contributed by atoms with E-state index in [2.05, 4.69) is 27.8 Å². The van der Waals surface area contributed by atoms with Crippen LogP contribution in [0.1, 0.15) is 25.8 Å². The van der Waals surface area contributed by atoms with Gasteiger partial charge in [0.2, 0.25) is 0 Å². The van der Waals surface area contributed by atoms with E-state index < -0.39 is 0 Å². The molecule has 0 saturated carbocycles. The highest BCUT2D eigenvalue weighted by atomic mass is 127. The van der Waals surface area contributed by atoms with Crippen molar-refractivity contribution in [3.05, 3.63) is 34.9 Å². The first-order valence-electron chi connectivity index (χ1n) is 7.21. The van der Waals surface area contributed by atoms with Crippen molar-refractivity contribution < 1.29 is 4.74 Å². The second kappa shape index (κ2) is 11.1. The Bertz CT molecular complexity index is 449. The van der Waals surface area contributed by atoms with Crippen LogP contribution in [0.5, 0.6) is 0 Å². The van der Waals surface area contributed by atoms with Crippen LogP contribution < -0.4 is 10.6 Å². The van der Waals surface area contributed by atoms with Crippen molar-refractivity contribution in [2.24, 2.45) is 4.99 Å². The second-order valence-corrected chi connectivity index (χ2v) is 5.98. The van der Waals surface area contributed by atoms with Gasteiger partial charge in [-0.3, -0.25) is 4.99 Å². The third-order valence-corrected chi connectivity index (χ3v) is 3.56. The van der Waals surface area contributed by atoms with Gasteiger partial charge in [0.25, 0.3) is 0 Å². The van der Waals surface area contributed by atoms with Crippen LogP contribution in [-0.4, -0.2) is 38.8 Å². The molecule has 0 fully saturated rings. The number of nitrogens with one attached hydrogen (secondary N) is 2. The lowest BCUT2D eigenvalue weighted by Gasteiger charge is -2.24. The van der Waals surface area contributed by atoms with Crippen LogP contribution in [0.15, 0.2) is 29.3 Å². The topological polar surface area (TPSA) is 45.7 Å². The largest absolute Gasteiger partial charge is 0.377 e. The van der Waals surface area contributed by atoms with E-state index >= 15 is 0 Å². The summed E-state index contributed by atoms with van der Waals surface area (Å²) in [5.74, 6) is 0.802. The van der Waals surface area contributed by atoms with Gasteiger partial charge < -0.3 is 15.4 Å². The van der Waals surface area contributed by atoms with Crippen LogP contribution >= 0.6 is 35.6 Å². The number of ether oxygens (including phenoxy) is 1. The summed E-state index contributed by atoms with van der Waals surface area (Å²) in [7, 11) is 3.48. The molecule has 1 aromatic rings. The van der Waals surface area contributed by atoms with Crippen molar-refractivity contribution in [1.82, 2.24) is 10.6 Å². The Balaban J connectivity index is 0.00000441. The number of rotatable bonds is 7. The van der Waals surface area contributed by atoms with Crippen LogP contribution in [0.3, 0.4) is 0 Å². The quantitative estimate of drug-likeness (QED) is 0.296. The van der Waals surface area contributed by atoms with Crippen molar-refractivity contribution in [2.75, 3.05) is 27.2 Å². The Morgan fingerprint density at radius 2 is 1.86 bits per heavy atom. The van der Waals surface area contributed by atoms with E-state index in [9.17, 15) is 0 Å². The summed E-state index contributed by atoms with van der Waals surface area (Å²) in [4.78, 5) is 4.20. The first kappa shape index (κ1) is 21.5. The molecule has 6 heteroatoms. The maximum atomic E-state index is 5.87. The lowest BCUT2D eigenvalue weighted by molar-refractivity contribution is 0.0268. The number of guanidine groups is 1. The fourth-order valence-corrected chi connectivity index (χ4v) is 1.87. The Labute approximate surface area is 156 Å². The number of aliphatic imine (C=N–C) groups is 1. The average molecular weight is 440 g/mol. The summed E-state index contributed by atoms with van der Waals surface area (Å²) in [5.41, 5.74) is 1.09. The van der Waals surface area contributed by atoms with Crippen molar-refractivity contribution in [1.29, 1.82) is 0 Å². The summed E-state index contributed by atoms with van der Waals surface area (Å²) in [6, 6.07) is 7.99. The number of benzene rings is 1. The molecule has 4 nitrogen and oxygen atoms in total. The third-order valence-electron chi connectivity index (χ3n) is 3.31. The number of nitrogens with zero attached hydrogens (tertiary/aromatic N) is 1. The zero-order valence-corrected chi connectivity index (χ0v) is 16.9. The summed E-state index contributed by atoms with van der Waals surface area (Å²) < 4.78 is 5.37. The van der Waals surface area contributed by atoms with Crippen LogP contribution in [0, 0.1) is 0 Å². The molecule has 1 rings (SSSR count). The molecule has 0 saturated heterocycles. The second-order valence-electron chi connectivity index (χ2n) is 5.55. The van der Waals surface area contributed by atoms with Crippen molar-refractivity contribution in [2.45, 2.75) is 32.3 Å². The number of hydrogen-bond donors (Lipinski definition) is 2. The minimum absolute atomic E-state index is 0. The molecule has 0 aromatic heterocycles. The van der Waals surface area contributed by atoms with Gasteiger partial charge in [-0.15, -0.1) is 24.0 Å². The smallest absolute Gasteiger partial charge is 0.191 e. The van der Waals surface area contributed by atoms with Gasteiger partial charge in [-0.25, -0.2) is 0 Å². The zero-order valence-electron chi connectivity index (χ0n) is 13.8. The van der Waals surface area contributed by atoms with Gasteiger partial charge in [0, 0.05) is 32.3 Å². The Morgan fingerprint density at radius 1 is 1.23 bits per heavy atom. The number of methoxy groups -OCH3 is 1. The summed E-state index contributed by atoms with van der Waals surface area (Å²) >= 11 is 5.87. The van der Waals surface area contributed by atoms with Crippen LogP contribution in [0.2, 0.25) is 5.02 Å². The molecule has 0 aliphatic carbocycles. The van der Waals surface area contributed by atoms with E-state index in [0.29, 0.717) is 6.54 Å². The van der Waals surface area contributed by atoms with Gasteiger partial charge in [0.05, 0.1) is 5.60 Å². The molecule has 0 radical (unpaired) electrons. The average Bonchev–Trinajstić information content (AvgIpc) is 2.48. The van der Waals surface area contributed by atoms with Crippen molar-refractivity contribution in [3.8, 4) is 0 Å².